The Morgan fingerprint density at radius 3 is 2.54 bits per heavy atom. The highest BCUT2D eigenvalue weighted by molar-refractivity contribution is 5.80. The Bertz CT molecular complexity index is 632. The Morgan fingerprint density at radius 1 is 1.19 bits per heavy atom. The summed E-state index contributed by atoms with van der Waals surface area (Å²) >= 11 is 0. The summed E-state index contributed by atoms with van der Waals surface area (Å²) in [7, 11) is 0. The van der Waals surface area contributed by atoms with Gasteiger partial charge in [0.25, 0.3) is 0 Å². The minimum atomic E-state index is -0.452. The van der Waals surface area contributed by atoms with Crippen molar-refractivity contribution in [1.29, 1.82) is 0 Å². The van der Waals surface area contributed by atoms with Crippen LogP contribution in [0.15, 0.2) is 23.2 Å². The molecule has 1 aromatic rings. The molecule has 1 amide bonds. The SMILES string of the molecule is CCNC(=NCCc1cc(F)ccc1F)N1CCN(C(=O)OCC)CC1. The predicted molar refractivity (Wildman–Crippen MR) is 96.2 cm³/mol. The molecule has 1 saturated heterocycles. The number of hydrogen-bond acceptors (Lipinski definition) is 3. The maximum absolute atomic E-state index is 13.7. The Labute approximate surface area is 152 Å². The first kappa shape index (κ1) is 19.9. The predicted octanol–water partition coefficient (Wildman–Crippen LogP) is 2.25. The van der Waals surface area contributed by atoms with Crippen molar-refractivity contribution in [3.8, 4) is 0 Å². The number of nitrogens with one attached hydrogen (secondary N) is 1. The van der Waals surface area contributed by atoms with Gasteiger partial charge in [-0.05, 0) is 44.0 Å². The number of carbonyl (C=O) groups is 1. The summed E-state index contributed by atoms with van der Waals surface area (Å²) in [6, 6.07) is 3.44. The molecule has 0 spiro atoms. The fourth-order valence-electron chi connectivity index (χ4n) is 2.76. The molecule has 6 nitrogen and oxygen atoms in total. The average Bonchev–Trinajstić information content (AvgIpc) is 2.64. The standard InChI is InChI=1S/C18H26F2N4O2/c1-3-21-17(22-8-7-14-13-15(19)5-6-16(14)20)23-9-11-24(12-10-23)18(25)26-4-2/h5-6,13H,3-4,7-12H2,1-2H3,(H,21,22). The molecule has 0 bridgehead atoms. The second kappa shape index (κ2) is 9.94. The number of aliphatic imine (C=N–C) groups is 1. The zero-order valence-corrected chi connectivity index (χ0v) is 15.3. The summed E-state index contributed by atoms with van der Waals surface area (Å²) in [4.78, 5) is 20.0. The van der Waals surface area contributed by atoms with Crippen LogP contribution in [-0.2, 0) is 11.2 Å². The molecule has 1 N–H and O–H groups in total. The van der Waals surface area contributed by atoms with Crippen molar-refractivity contribution in [3.05, 3.63) is 35.4 Å². The summed E-state index contributed by atoms with van der Waals surface area (Å²) in [5.74, 6) is -0.158. The van der Waals surface area contributed by atoms with Crippen LogP contribution in [0.5, 0.6) is 0 Å². The van der Waals surface area contributed by atoms with Crippen molar-refractivity contribution in [2.75, 3.05) is 45.9 Å². The lowest BCUT2D eigenvalue weighted by Crippen LogP contribution is -2.54. The Kier molecular flexibility index (Phi) is 7.62. The van der Waals surface area contributed by atoms with E-state index >= 15 is 0 Å². The first-order valence-corrected chi connectivity index (χ1v) is 8.94. The molecule has 1 aliphatic rings. The largest absolute Gasteiger partial charge is 0.450 e. The van der Waals surface area contributed by atoms with Crippen molar-refractivity contribution in [2.24, 2.45) is 4.99 Å². The smallest absolute Gasteiger partial charge is 0.409 e. The van der Waals surface area contributed by atoms with Crippen LogP contribution in [0, 0.1) is 11.6 Å². The minimum Gasteiger partial charge on any atom is -0.450 e. The molecule has 1 aliphatic heterocycles. The van der Waals surface area contributed by atoms with Crippen LogP contribution in [-0.4, -0.2) is 67.7 Å². The van der Waals surface area contributed by atoms with E-state index in [9.17, 15) is 13.6 Å². The third kappa shape index (κ3) is 5.57. The lowest BCUT2D eigenvalue weighted by molar-refractivity contribution is 0.0914. The molecule has 0 unspecified atom stereocenters. The van der Waals surface area contributed by atoms with Crippen LogP contribution >= 0.6 is 0 Å². The van der Waals surface area contributed by atoms with Gasteiger partial charge in [0, 0.05) is 39.3 Å². The van der Waals surface area contributed by atoms with Crippen molar-refractivity contribution in [3.63, 3.8) is 0 Å². The fourth-order valence-corrected chi connectivity index (χ4v) is 2.76. The number of amides is 1. The van der Waals surface area contributed by atoms with Gasteiger partial charge in [0.1, 0.15) is 11.6 Å². The Balaban J connectivity index is 1.92. The molecule has 0 radical (unpaired) electrons. The first-order valence-electron chi connectivity index (χ1n) is 8.94. The molecule has 0 aromatic heterocycles. The number of ether oxygens (including phenoxy) is 1. The lowest BCUT2D eigenvalue weighted by Gasteiger charge is -2.35. The number of halogens is 2. The molecular formula is C18H26F2N4O2. The molecule has 1 fully saturated rings. The molecule has 8 heteroatoms. The van der Waals surface area contributed by atoms with Crippen LogP contribution in [0.25, 0.3) is 0 Å². The molecule has 0 saturated carbocycles. The van der Waals surface area contributed by atoms with Crippen LogP contribution in [0.4, 0.5) is 13.6 Å². The van der Waals surface area contributed by atoms with Gasteiger partial charge < -0.3 is 19.9 Å². The highest BCUT2D eigenvalue weighted by Crippen LogP contribution is 2.11. The van der Waals surface area contributed by atoms with Crippen LogP contribution in [0.2, 0.25) is 0 Å². The van der Waals surface area contributed by atoms with E-state index in [1.807, 2.05) is 6.92 Å². The van der Waals surface area contributed by atoms with Gasteiger partial charge in [-0.25, -0.2) is 13.6 Å². The summed E-state index contributed by atoms with van der Waals surface area (Å²) < 4.78 is 31.9. The van der Waals surface area contributed by atoms with Gasteiger partial charge in [-0.3, -0.25) is 4.99 Å². The maximum atomic E-state index is 13.7. The molecule has 0 aliphatic carbocycles. The van der Waals surface area contributed by atoms with E-state index in [0.29, 0.717) is 63.8 Å². The second-order valence-corrected chi connectivity index (χ2v) is 5.89. The van der Waals surface area contributed by atoms with Crippen molar-refractivity contribution < 1.29 is 18.3 Å². The van der Waals surface area contributed by atoms with Crippen molar-refractivity contribution >= 4 is 12.1 Å². The topological polar surface area (TPSA) is 57.2 Å². The second-order valence-electron chi connectivity index (χ2n) is 5.89. The minimum absolute atomic E-state index is 0.296. The van der Waals surface area contributed by atoms with Gasteiger partial charge in [-0.1, -0.05) is 0 Å². The molecule has 1 heterocycles. The number of hydrogen-bond donors (Lipinski definition) is 1. The fraction of sp³-hybridized carbons (Fsp3) is 0.556. The molecular weight excluding hydrogens is 342 g/mol. The monoisotopic (exact) mass is 368 g/mol. The zero-order valence-electron chi connectivity index (χ0n) is 15.3. The van der Waals surface area contributed by atoms with E-state index in [1.54, 1.807) is 11.8 Å². The van der Waals surface area contributed by atoms with Crippen LogP contribution in [0.1, 0.15) is 19.4 Å². The summed E-state index contributed by atoms with van der Waals surface area (Å²) in [5.41, 5.74) is 0.316. The molecule has 26 heavy (non-hydrogen) atoms. The number of nitrogens with zero attached hydrogens (tertiary/aromatic N) is 3. The van der Waals surface area contributed by atoms with E-state index in [1.165, 1.54) is 6.07 Å². The van der Waals surface area contributed by atoms with Gasteiger partial charge in [-0.15, -0.1) is 0 Å². The molecule has 0 atom stereocenters. The number of carbonyl (C=O) groups excluding carboxylic acids is 1. The van der Waals surface area contributed by atoms with Gasteiger partial charge >= 0.3 is 6.09 Å². The van der Waals surface area contributed by atoms with Gasteiger partial charge in [0.05, 0.1) is 6.61 Å². The van der Waals surface area contributed by atoms with E-state index in [4.69, 9.17) is 4.74 Å². The summed E-state index contributed by atoms with van der Waals surface area (Å²) in [5, 5.41) is 3.21. The van der Waals surface area contributed by atoms with Crippen molar-refractivity contribution in [1.82, 2.24) is 15.1 Å². The van der Waals surface area contributed by atoms with E-state index in [-0.39, 0.29) is 6.09 Å². The number of piperazine rings is 1. The maximum Gasteiger partial charge on any atom is 0.409 e. The number of guanidine groups is 1. The molecule has 144 valence electrons. The van der Waals surface area contributed by atoms with Crippen LogP contribution in [0.3, 0.4) is 0 Å². The summed E-state index contributed by atoms with van der Waals surface area (Å²) in [6.07, 6.45) is 0.0250. The third-order valence-electron chi connectivity index (χ3n) is 4.09. The van der Waals surface area contributed by atoms with Gasteiger partial charge in [0.15, 0.2) is 5.96 Å². The highest BCUT2D eigenvalue weighted by Gasteiger charge is 2.23. The zero-order chi connectivity index (χ0) is 18.9. The quantitative estimate of drug-likeness (QED) is 0.640. The normalized spacial score (nSPS) is 15.2. The first-order chi connectivity index (χ1) is 12.5. The van der Waals surface area contributed by atoms with Gasteiger partial charge in [-0.2, -0.15) is 0 Å². The third-order valence-corrected chi connectivity index (χ3v) is 4.09. The highest BCUT2D eigenvalue weighted by atomic mass is 19.1. The number of rotatable bonds is 5. The Hall–Kier alpha value is -2.38. The Morgan fingerprint density at radius 2 is 1.88 bits per heavy atom. The molecule has 2 rings (SSSR count). The van der Waals surface area contributed by atoms with Gasteiger partial charge in [0.2, 0.25) is 0 Å². The van der Waals surface area contributed by atoms with Crippen molar-refractivity contribution in [2.45, 2.75) is 20.3 Å². The average molecular weight is 368 g/mol. The summed E-state index contributed by atoms with van der Waals surface area (Å²) in [6.45, 7) is 7.55. The molecule has 1 aromatic carbocycles. The lowest BCUT2D eigenvalue weighted by atomic mass is 10.1. The number of benzene rings is 1. The van der Waals surface area contributed by atoms with E-state index < -0.39 is 11.6 Å². The van der Waals surface area contributed by atoms with Crippen LogP contribution < -0.4 is 5.32 Å². The van der Waals surface area contributed by atoms with E-state index in [0.717, 1.165) is 12.1 Å². The van der Waals surface area contributed by atoms with E-state index in [2.05, 4.69) is 15.2 Å².